The van der Waals surface area contributed by atoms with Crippen LogP contribution in [0.4, 0.5) is 4.39 Å². The number of rotatable bonds is 12. The van der Waals surface area contributed by atoms with Crippen LogP contribution in [-0.2, 0) is 20.0 Å². The highest BCUT2D eigenvalue weighted by molar-refractivity contribution is 7.99. The number of aromatic nitrogens is 4. The molecule has 4 atom stereocenters. The molecule has 2 aromatic rings. The van der Waals surface area contributed by atoms with E-state index in [9.17, 15) is 5.11 Å². The molecule has 1 unspecified atom stereocenters. The molecule has 1 fully saturated rings. The number of hydrogen-bond donors (Lipinski definition) is 1. The molecule has 174 valence electrons. The maximum atomic E-state index is 15.7. The fourth-order valence-corrected chi connectivity index (χ4v) is 4.31. The lowest BCUT2D eigenvalue weighted by Gasteiger charge is -2.24. The number of nitrogens with zero attached hydrogens (tertiary/aromatic N) is 4. The topological polar surface area (TPSA) is 91.0 Å². The van der Waals surface area contributed by atoms with Gasteiger partial charge in [-0.05, 0) is 25.4 Å². The van der Waals surface area contributed by atoms with Crippen molar-refractivity contribution in [1.82, 2.24) is 19.6 Å². The van der Waals surface area contributed by atoms with E-state index in [1.54, 1.807) is 0 Å². The minimum Gasteiger partial charge on any atom is -0.379 e. The first kappa shape index (κ1) is 24.7. The molecule has 11 heteroatoms. The molecular formula is C20H31FN4O4S2. The van der Waals surface area contributed by atoms with Gasteiger partial charge in [0, 0.05) is 13.2 Å². The van der Waals surface area contributed by atoms with Gasteiger partial charge < -0.3 is 19.3 Å². The van der Waals surface area contributed by atoms with E-state index in [0.717, 1.165) is 25.7 Å². The Bertz CT molecular complexity index is 858. The van der Waals surface area contributed by atoms with Crippen LogP contribution >= 0.6 is 23.5 Å². The summed E-state index contributed by atoms with van der Waals surface area (Å²) in [5.41, 5.74) is 0.554. The summed E-state index contributed by atoms with van der Waals surface area (Å²) in [6.07, 6.45) is 5.20. The Balaban J connectivity index is 1.93. The lowest BCUT2D eigenvalue weighted by molar-refractivity contribution is -0.232. The van der Waals surface area contributed by atoms with Gasteiger partial charge in [-0.1, -0.05) is 38.5 Å². The van der Waals surface area contributed by atoms with E-state index < -0.39 is 24.2 Å². The fourth-order valence-electron chi connectivity index (χ4n) is 3.41. The van der Waals surface area contributed by atoms with Gasteiger partial charge in [0.1, 0.15) is 22.9 Å². The molecular weight excluding hydrogens is 443 g/mol. The van der Waals surface area contributed by atoms with E-state index in [1.807, 2.05) is 19.4 Å². The minimum absolute atomic E-state index is 0.114. The third-order valence-corrected chi connectivity index (χ3v) is 6.35. The van der Waals surface area contributed by atoms with E-state index in [2.05, 4.69) is 22.0 Å². The van der Waals surface area contributed by atoms with Crippen molar-refractivity contribution in [2.75, 3.05) is 32.3 Å². The van der Waals surface area contributed by atoms with Gasteiger partial charge in [-0.2, -0.15) is 0 Å². The van der Waals surface area contributed by atoms with Gasteiger partial charge in [0.2, 0.25) is 10.9 Å². The predicted octanol–water partition coefficient (Wildman–Crippen LogP) is 3.45. The third kappa shape index (κ3) is 5.17. The summed E-state index contributed by atoms with van der Waals surface area (Å²) in [6.45, 7) is 5.17. The van der Waals surface area contributed by atoms with E-state index in [4.69, 9.17) is 14.2 Å². The van der Waals surface area contributed by atoms with E-state index in [0.29, 0.717) is 29.0 Å². The average Bonchev–Trinajstić information content (AvgIpc) is 3.31. The highest BCUT2D eigenvalue weighted by Crippen LogP contribution is 2.41. The summed E-state index contributed by atoms with van der Waals surface area (Å²) >= 11 is 2.76. The van der Waals surface area contributed by atoms with Crippen LogP contribution in [0.2, 0.25) is 0 Å². The van der Waals surface area contributed by atoms with Gasteiger partial charge in [-0.3, -0.25) is 0 Å². The molecule has 1 aliphatic heterocycles. The van der Waals surface area contributed by atoms with Crippen LogP contribution in [-0.4, -0.2) is 75.4 Å². The number of alkyl halides is 1. The van der Waals surface area contributed by atoms with Crippen molar-refractivity contribution in [3.8, 4) is 0 Å². The number of imidazole rings is 1. The fraction of sp³-hybridized carbons (Fsp3) is 0.750. The Morgan fingerprint density at radius 3 is 2.65 bits per heavy atom. The monoisotopic (exact) mass is 474 g/mol. The number of ether oxygens (including phenoxy) is 3. The summed E-state index contributed by atoms with van der Waals surface area (Å²) in [5.74, 6) is -2.26. The average molecular weight is 475 g/mol. The second kappa shape index (κ2) is 11.2. The molecule has 3 heterocycles. The van der Waals surface area contributed by atoms with Crippen LogP contribution in [0.1, 0.15) is 45.2 Å². The molecule has 1 saturated heterocycles. The molecule has 8 nitrogen and oxygen atoms in total. The largest absolute Gasteiger partial charge is 0.379 e. The van der Waals surface area contributed by atoms with E-state index in [-0.39, 0.29) is 12.3 Å². The summed E-state index contributed by atoms with van der Waals surface area (Å²) in [4.78, 5) is 8.76. The molecule has 0 amide bonds. The van der Waals surface area contributed by atoms with Crippen LogP contribution in [0.25, 0.3) is 5.65 Å². The second-order valence-electron chi connectivity index (χ2n) is 7.36. The van der Waals surface area contributed by atoms with Crippen LogP contribution in [0.3, 0.4) is 0 Å². The summed E-state index contributed by atoms with van der Waals surface area (Å²) in [7, 11) is 0. The SMILES string of the molecule is CCCCOC[C@H]1O[C@@](O)(c2cnc3c(SC)nc(SC)nn23)C(F)[C@@H]1OCCCC. The molecule has 0 aliphatic carbocycles. The number of thioether (sulfide) groups is 2. The van der Waals surface area contributed by atoms with Crippen LogP contribution in [0.15, 0.2) is 16.4 Å². The van der Waals surface area contributed by atoms with Gasteiger partial charge in [0.25, 0.3) is 0 Å². The third-order valence-electron chi connectivity index (χ3n) is 5.15. The van der Waals surface area contributed by atoms with Crippen molar-refractivity contribution >= 4 is 29.2 Å². The first-order chi connectivity index (χ1) is 15.0. The molecule has 0 aromatic carbocycles. The lowest BCUT2D eigenvalue weighted by atomic mass is 10.0. The Hall–Kier alpha value is -0.980. The normalized spacial score (nSPS) is 26.2. The number of aliphatic hydroxyl groups is 1. The summed E-state index contributed by atoms with van der Waals surface area (Å²) < 4.78 is 34.5. The van der Waals surface area contributed by atoms with Crippen molar-refractivity contribution < 1.29 is 23.7 Å². The Morgan fingerprint density at radius 1 is 1.23 bits per heavy atom. The zero-order chi connectivity index (χ0) is 22.4. The zero-order valence-corrected chi connectivity index (χ0v) is 20.0. The number of halogens is 1. The van der Waals surface area contributed by atoms with Crippen LogP contribution in [0, 0.1) is 0 Å². The first-order valence-electron chi connectivity index (χ1n) is 10.6. The quantitative estimate of drug-likeness (QED) is 0.367. The molecule has 0 spiro atoms. The Labute approximate surface area is 190 Å². The minimum atomic E-state index is -2.26. The molecule has 0 bridgehead atoms. The second-order valence-corrected chi connectivity index (χ2v) is 8.93. The van der Waals surface area contributed by atoms with Crippen molar-refractivity contribution in [1.29, 1.82) is 0 Å². The van der Waals surface area contributed by atoms with Gasteiger partial charge in [0.05, 0.1) is 12.8 Å². The van der Waals surface area contributed by atoms with Gasteiger partial charge in [-0.15, -0.1) is 16.9 Å². The van der Waals surface area contributed by atoms with E-state index in [1.165, 1.54) is 34.2 Å². The van der Waals surface area contributed by atoms with Gasteiger partial charge in [0.15, 0.2) is 11.8 Å². The number of hydrogen-bond acceptors (Lipinski definition) is 9. The number of unbranched alkanes of at least 4 members (excludes halogenated alkanes) is 2. The lowest BCUT2D eigenvalue weighted by Crippen LogP contribution is -2.40. The van der Waals surface area contributed by atoms with Crippen molar-refractivity contribution in [3.05, 3.63) is 11.9 Å². The standard InChI is InChI=1S/C20H31FN4O4S2/c1-5-7-9-27-12-13-15(28-10-8-6-2)16(21)20(26,29-13)14-11-22-17-18(30-3)23-19(31-4)24-25(14)17/h11,13,15-16,26H,5-10,12H2,1-4H3/t13-,15-,16?,20+/m1/s1. The summed E-state index contributed by atoms with van der Waals surface area (Å²) in [5, 5.41) is 16.9. The Morgan fingerprint density at radius 2 is 1.97 bits per heavy atom. The molecule has 1 N–H and O–H groups in total. The van der Waals surface area contributed by atoms with Crippen molar-refractivity contribution in [3.63, 3.8) is 0 Å². The van der Waals surface area contributed by atoms with Gasteiger partial charge >= 0.3 is 0 Å². The molecule has 31 heavy (non-hydrogen) atoms. The van der Waals surface area contributed by atoms with E-state index >= 15 is 4.39 Å². The van der Waals surface area contributed by atoms with Crippen LogP contribution in [0.5, 0.6) is 0 Å². The Kier molecular flexibility index (Phi) is 8.94. The molecule has 3 rings (SSSR count). The summed E-state index contributed by atoms with van der Waals surface area (Å²) in [6, 6.07) is 0. The molecule has 0 radical (unpaired) electrons. The molecule has 0 saturated carbocycles. The zero-order valence-electron chi connectivity index (χ0n) is 18.4. The maximum absolute atomic E-state index is 15.7. The van der Waals surface area contributed by atoms with Crippen molar-refractivity contribution in [2.45, 2.75) is 73.9 Å². The predicted molar refractivity (Wildman–Crippen MR) is 118 cm³/mol. The highest BCUT2D eigenvalue weighted by atomic mass is 32.2. The van der Waals surface area contributed by atoms with Crippen molar-refractivity contribution in [2.24, 2.45) is 0 Å². The first-order valence-corrected chi connectivity index (χ1v) is 13.0. The van der Waals surface area contributed by atoms with Crippen LogP contribution < -0.4 is 0 Å². The molecule has 2 aromatic heterocycles. The number of fused-ring (bicyclic) bond motifs is 1. The maximum Gasteiger partial charge on any atom is 0.247 e. The van der Waals surface area contributed by atoms with Gasteiger partial charge in [-0.25, -0.2) is 18.9 Å². The molecule has 1 aliphatic rings. The highest BCUT2D eigenvalue weighted by Gasteiger charge is 2.58. The smallest absolute Gasteiger partial charge is 0.247 e.